The minimum Gasteiger partial charge on any atom is -0.478 e. The number of rotatable bonds is 4. The van der Waals surface area contributed by atoms with Crippen molar-refractivity contribution in [1.82, 2.24) is 0 Å². The van der Waals surface area contributed by atoms with E-state index in [4.69, 9.17) is 5.11 Å². The van der Waals surface area contributed by atoms with Gasteiger partial charge in [-0.25, -0.2) is 9.59 Å². The van der Waals surface area contributed by atoms with Crippen molar-refractivity contribution >= 4 is 23.6 Å². The lowest BCUT2D eigenvalue weighted by Gasteiger charge is -2.07. The van der Waals surface area contributed by atoms with Gasteiger partial charge in [-0.2, -0.15) is 0 Å². The fourth-order valence-corrected chi connectivity index (χ4v) is 1.88. The SMILES string of the molecule is O=C(O)/C(=C\c1ccccc1)c1ccccc1C(=O)O. The highest BCUT2D eigenvalue weighted by Gasteiger charge is 2.17. The first kappa shape index (κ1) is 13.5. The van der Waals surface area contributed by atoms with Gasteiger partial charge in [-0.3, -0.25) is 0 Å². The number of carboxylic acid groups (broad SMARTS) is 2. The van der Waals surface area contributed by atoms with Gasteiger partial charge in [-0.15, -0.1) is 0 Å². The average Bonchev–Trinajstić information content (AvgIpc) is 2.45. The molecule has 0 unspecified atom stereocenters. The lowest BCUT2D eigenvalue weighted by atomic mass is 9.98. The molecule has 0 aliphatic rings. The number of carboxylic acids is 2. The molecule has 0 aliphatic heterocycles. The van der Waals surface area contributed by atoms with Crippen LogP contribution in [0.4, 0.5) is 0 Å². The molecule has 0 fully saturated rings. The molecular weight excluding hydrogens is 256 g/mol. The van der Waals surface area contributed by atoms with Gasteiger partial charge in [0.05, 0.1) is 11.1 Å². The Morgan fingerprint density at radius 2 is 1.35 bits per heavy atom. The van der Waals surface area contributed by atoms with E-state index in [2.05, 4.69) is 0 Å². The molecular formula is C16H12O4. The van der Waals surface area contributed by atoms with Crippen molar-refractivity contribution < 1.29 is 19.8 Å². The minimum atomic E-state index is -1.16. The number of hydrogen-bond donors (Lipinski definition) is 2. The molecule has 2 N–H and O–H groups in total. The Kier molecular flexibility index (Phi) is 3.96. The second-order valence-electron chi connectivity index (χ2n) is 4.12. The summed E-state index contributed by atoms with van der Waals surface area (Å²) in [5, 5.41) is 18.5. The molecule has 20 heavy (non-hydrogen) atoms. The Hall–Kier alpha value is -2.88. The highest BCUT2D eigenvalue weighted by Crippen LogP contribution is 2.22. The molecule has 0 radical (unpaired) electrons. The van der Waals surface area contributed by atoms with Gasteiger partial charge in [-0.05, 0) is 17.7 Å². The van der Waals surface area contributed by atoms with E-state index in [1.165, 1.54) is 18.2 Å². The molecule has 2 aromatic carbocycles. The molecule has 0 saturated heterocycles. The van der Waals surface area contributed by atoms with Crippen molar-refractivity contribution in [2.24, 2.45) is 0 Å². The van der Waals surface area contributed by atoms with Gasteiger partial charge < -0.3 is 10.2 Å². The summed E-state index contributed by atoms with van der Waals surface area (Å²) >= 11 is 0. The fourth-order valence-electron chi connectivity index (χ4n) is 1.88. The number of aliphatic carboxylic acids is 1. The Labute approximate surface area is 115 Å². The Bertz CT molecular complexity index is 672. The maximum atomic E-state index is 11.4. The summed E-state index contributed by atoms with van der Waals surface area (Å²) in [7, 11) is 0. The zero-order chi connectivity index (χ0) is 14.5. The van der Waals surface area contributed by atoms with Crippen LogP contribution in [0.25, 0.3) is 11.6 Å². The van der Waals surface area contributed by atoms with E-state index >= 15 is 0 Å². The summed E-state index contributed by atoms with van der Waals surface area (Å²) in [6, 6.07) is 15.0. The van der Waals surface area contributed by atoms with E-state index in [-0.39, 0.29) is 16.7 Å². The van der Waals surface area contributed by atoms with Gasteiger partial charge in [-0.1, -0.05) is 48.5 Å². The molecule has 100 valence electrons. The Balaban J connectivity index is 2.59. The monoisotopic (exact) mass is 268 g/mol. The van der Waals surface area contributed by atoms with Crippen LogP contribution >= 0.6 is 0 Å². The van der Waals surface area contributed by atoms with Crippen LogP contribution in [0.3, 0.4) is 0 Å². The van der Waals surface area contributed by atoms with Crippen LogP contribution < -0.4 is 0 Å². The summed E-state index contributed by atoms with van der Waals surface area (Å²) in [6.07, 6.45) is 1.46. The summed E-state index contributed by atoms with van der Waals surface area (Å²) in [4.78, 5) is 22.6. The Morgan fingerprint density at radius 3 is 1.90 bits per heavy atom. The summed E-state index contributed by atoms with van der Waals surface area (Å²) in [6.45, 7) is 0. The van der Waals surface area contributed by atoms with E-state index in [1.54, 1.807) is 36.4 Å². The van der Waals surface area contributed by atoms with Crippen LogP contribution in [0, 0.1) is 0 Å². The molecule has 0 spiro atoms. The topological polar surface area (TPSA) is 74.6 Å². The second-order valence-corrected chi connectivity index (χ2v) is 4.12. The molecule has 2 rings (SSSR count). The van der Waals surface area contributed by atoms with E-state index in [1.807, 2.05) is 6.07 Å². The van der Waals surface area contributed by atoms with Crippen molar-refractivity contribution in [2.45, 2.75) is 0 Å². The molecule has 0 bridgehead atoms. The third-order valence-electron chi connectivity index (χ3n) is 2.79. The predicted molar refractivity (Wildman–Crippen MR) is 75.4 cm³/mol. The predicted octanol–water partition coefficient (Wildman–Crippen LogP) is 3.01. The summed E-state index contributed by atoms with van der Waals surface area (Å²) < 4.78 is 0. The molecule has 4 heteroatoms. The van der Waals surface area contributed by atoms with Crippen molar-refractivity contribution in [2.75, 3.05) is 0 Å². The first-order chi connectivity index (χ1) is 9.59. The normalized spacial score (nSPS) is 11.1. The second kappa shape index (κ2) is 5.84. The number of hydrogen-bond acceptors (Lipinski definition) is 2. The van der Waals surface area contributed by atoms with Gasteiger partial charge in [0.1, 0.15) is 0 Å². The van der Waals surface area contributed by atoms with Crippen LogP contribution in [0.2, 0.25) is 0 Å². The van der Waals surface area contributed by atoms with Crippen LogP contribution in [-0.2, 0) is 4.79 Å². The average molecular weight is 268 g/mol. The van der Waals surface area contributed by atoms with Crippen molar-refractivity contribution in [3.8, 4) is 0 Å². The molecule has 0 amide bonds. The Morgan fingerprint density at radius 1 is 0.800 bits per heavy atom. The minimum absolute atomic E-state index is 0.0305. The van der Waals surface area contributed by atoms with Crippen LogP contribution in [0.15, 0.2) is 54.6 Å². The zero-order valence-corrected chi connectivity index (χ0v) is 10.5. The maximum absolute atomic E-state index is 11.4. The lowest BCUT2D eigenvalue weighted by Crippen LogP contribution is -2.07. The first-order valence-corrected chi connectivity index (χ1v) is 5.92. The van der Waals surface area contributed by atoms with Crippen molar-refractivity contribution in [3.63, 3.8) is 0 Å². The molecule has 0 aromatic heterocycles. The standard InChI is InChI=1S/C16H12O4/c17-15(18)13-9-5-4-8-12(13)14(16(19)20)10-11-6-2-1-3-7-11/h1-10H,(H,17,18)(H,19,20)/b14-10-. The third kappa shape index (κ3) is 2.92. The van der Waals surface area contributed by atoms with E-state index < -0.39 is 11.9 Å². The zero-order valence-electron chi connectivity index (χ0n) is 10.5. The smallest absolute Gasteiger partial charge is 0.336 e. The van der Waals surface area contributed by atoms with Gasteiger partial charge in [0.15, 0.2) is 0 Å². The molecule has 0 aliphatic carbocycles. The number of carbonyl (C=O) groups is 2. The quantitative estimate of drug-likeness (QED) is 0.660. The maximum Gasteiger partial charge on any atom is 0.336 e. The van der Waals surface area contributed by atoms with Crippen LogP contribution in [0.1, 0.15) is 21.5 Å². The van der Waals surface area contributed by atoms with Crippen LogP contribution in [0.5, 0.6) is 0 Å². The largest absolute Gasteiger partial charge is 0.478 e. The van der Waals surface area contributed by atoms with Crippen LogP contribution in [-0.4, -0.2) is 22.2 Å². The van der Waals surface area contributed by atoms with Crippen molar-refractivity contribution in [1.29, 1.82) is 0 Å². The highest BCUT2D eigenvalue weighted by atomic mass is 16.4. The van der Waals surface area contributed by atoms with E-state index in [0.29, 0.717) is 5.56 Å². The number of aromatic carboxylic acids is 1. The molecule has 0 saturated carbocycles. The van der Waals surface area contributed by atoms with Gasteiger partial charge in [0, 0.05) is 5.56 Å². The van der Waals surface area contributed by atoms with E-state index in [0.717, 1.165) is 0 Å². The molecule has 4 nitrogen and oxygen atoms in total. The lowest BCUT2D eigenvalue weighted by molar-refractivity contribution is -0.130. The van der Waals surface area contributed by atoms with Gasteiger partial charge >= 0.3 is 11.9 Å². The molecule has 0 atom stereocenters. The van der Waals surface area contributed by atoms with Gasteiger partial charge in [0.2, 0.25) is 0 Å². The summed E-state index contributed by atoms with van der Waals surface area (Å²) in [5.74, 6) is -2.32. The number of benzene rings is 2. The highest BCUT2D eigenvalue weighted by molar-refractivity contribution is 6.22. The van der Waals surface area contributed by atoms with E-state index in [9.17, 15) is 14.7 Å². The van der Waals surface area contributed by atoms with Crippen molar-refractivity contribution in [3.05, 3.63) is 71.3 Å². The fraction of sp³-hybridized carbons (Fsp3) is 0. The summed E-state index contributed by atoms with van der Waals surface area (Å²) in [5.41, 5.74) is 0.813. The van der Waals surface area contributed by atoms with Gasteiger partial charge in [0.25, 0.3) is 0 Å². The molecule has 2 aromatic rings. The first-order valence-electron chi connectivity index (χ1n) is 5.92. The molecule has 0 heterocycles. The third-order valence-corrected chi connectivity index (χ3v) is 2.79.